The molecule has 464 valence electrons. The number of nitrogens with zero attached hydrogens (tertiary/aromatic N) is 2. The third-order valence-corrected chi connectivity index (χ3v) is 15.5. The number of epoxide rings is 1. The van der Waals surface area contributed by atoms with Gasteiger partial charge >= 0.3 is 24.4 Å². The van der Waals surface area contributed by atoms with Crippen molar-refractivity contribution in [3.05, 3.63) is 82.4 Å². The number of aliphatic hydroxyl groups is 1. The average Bonchev–Trinajstić information content (AvgIpc) is 1.66. The summed E-state index contributed by atoms with van der Waals surface area (Å²) in [5.74, 6) is -5.06. The van der Waals surface area contributed by atoms with Gasteiger partial charge in [-0.3, -0.25) is 44.3 Å². The first-order chi connectivity index (χ1) is 40.0. The lowest BCUT2D eigenvalue weighted by Gasteiger charge is -2.42. The molecule has 28 heteroatoms. The van der Waals surface area contributed by atoms with Crippen LogP contribution in [0.4, 0.5) is 44.6 Å². The second-order valence-electron chi connectivity index (χ2n) is 21.8. The number of benzene rings is 2. The fourth-order valence-corrected chi connectivity index (χ4v) is 10.6. The van der Waals surface area contributed by atoms with E-state index in [1.807, 2.05) is 6.92 Å². The number of nitrogens with two attached hydrogens (primary N) is 1. The minimum atomic E-state index is -5.18. The van der Waals surface area contributed by atoms with Gasteiger partial charge in [0.2, 0.25) is 23.6 Å². The lowest BCUT2D eigenvalue weighted by Crippen LogP contribution is -2.63. The van der Waals surface area contributed by atoms with Crippen LogP contribution in [0.3, 0.4) is 0 Å². The van der Waals surface area contributed by atoms with Crippen LogP contribution >= 0.6 is 11.6 Å². The van der Waals surface area contributed by atoms with Crippen LogP contribution in [0, 0.1) is 11.8 Å². The minimum Gasteiger partial charge on any atom is -0.495 e. The largest absolute Gasteiger partial charge is 0.495 e. The van der Waals surface area contributed by atoms with Crippen molar-refractivity contribution in [3.63, 3.8) is 0 Å². The van der Waals surface area contributed by atoms with Gasteiger partial charge in [0.25, 0.3) is 11.8 Å². The van der Waals surface area contributed by atoms with E-state index in [9.17, 15) is 48.3 Å². The molecular weight excluding hydrogens is 1140 g/mol. The first-order valence-corrected chi connectivity index (χ1v) is 27.9. The number of methoxy groups -OCH3 is 2. The number of amides is 10. The van der Waals surface area contributed by atoms with Crippen LogP contribution in [0.2, 0.25) is 5.02 Å². The third-order valence-electron chi connectivity index (χ3n) is 15.1. The Morgan fingerprint density at radius 2 is 1.68 bits per heavy atom. The first kappa shape index (κ1) is 66.4. The molecule has 4 aliphatic rings. The number of hydrogen-bond acceptors (Lipinski definition) is 15. The van der Waals surface area contributed by atoms with Crippen molar-refractivity contribution in [3.8, 4) is 5.75 Å². The average molecular weight is 1220 g/mol. The van der Waals surface area contributed by atoms with E-state index in [0.717, 1.165) is 22.6 Å². The van der Waals surface area contributed by atoms with Crippen LogP contribution < -0.4 is 47.3 Å². The number of alkyl carbamates (subject to hydrolysis) is 1. The molecule has 0 radical (unpaired) electrons. The number of alkyl halides is 3. The van der Waals surface area contributed by atoms with Crippen molar-refractivity contribution in [2.24, 2.45) is 17.6 Å². The van der Waals surface area contributed by atoms with Crippen molar-refractivity contribution in [2.75, 3.05) is 49.9 Å². The summed E-state index contributed by atoms with van der Waals surface area (Å²) >= 11 is 6.79. The van der Waals surface area contributed by atoms with Gasteiger partial charge < -0.3 is 60.7 Å². The fourth-order valence-electron chi connectivity index (χ4n) is 10.3. The topological polar surface area (TPSA) is 328 Å². The van der Waals surface area contributed by atoms with Gasteiger partial charge in [-0.05, 0) is 87.8 Å². The van der Waals surface area contributed by atoms with E-state index < -0.39 is 143 Å². The van der Waals surface area contributed by atoms with Crippen LogP contribution in [0.1, 0.15) is 97.1 Å². The number of fused-ring (bicyclic) bond motifs is 5. The standard InChI is InChI=1S/C57H73ClF3N9O15/c1-30(2)48(67-43(71)17-10-9-11-23-70-44(72)20-21-45(70)73)51(76)66-37(15-13-22-63-52(62)77)50(75)65-36-19-18-34(27-35(36)57(59,60)61)64-53(78)84-42-28-46(74)69(6)38-25-33(26-39(81-7)47(38)58)24-31(3)14-12-16-41(82-8)56(80)29-40(83-54(79)68-56)32(4)49-55(42,5)85-49/h12,14,16,18-21,25-27,30,32,37,40-42,48-49,80H,9-11,13,15,17,22-24,28-29H2,1-8H3,(H,64,78)(H,65,75)(H,66,76)(H,67,71)(H,68,79)(H3,62,63,77)/b16-12+,31-14+/t32-,37+,40+,41-,42+,48+,49+,55+,56+/m1/s1. The van der Waals surface area contributed by atoms with Crippen LogP contribution in [0.15, 0.2) is 66.3 Å². The lowest BCUT2D eigenvalue weighted by molar-refractivity contribution is -0.142. The van der Waals surface area contributed by atoms with Crippen LogP contribution in [0.25, 0.3) is 0 Å². The maximum Gasteiger partial charge on any atom is 0.418 e. The maximum absolute atomic E-state index is 15.0. The molecule has 6 rings (SSSR count). The number of nitrogens with one attached hydrogen (secondary N) is 6. The van der Waals surface area contributed by atoms with Gasteiger partial charge in [-0.1, -0.05) is 62.6 Å². The van der Waals surface area contributed by atoms with Crippen molar-refractivity contribution in [2.45, 2.75) is 146 Å². The number of primary amides is 1. The monoisotopic (exact) mass is 1220 g/mol. The molecule has 0 saturated carbocycles. The van der Waals surface area contributed by atoms with Crippen LogP contribution in [-0.2, 0) is 60.3 Å². The van der Waals surface area contributed by atoms with Gasteiger partial charge in [-0.25, -0.2) is 14.4 Å². The van der Waals surface area contributed by atoms with E-state index >= 15 is 13.2 Å². The Balaban J connectivity index is 1.21. The molecule has 9 N–H and O–H groups in total. The van der Waals surface area contributed by atoms with Crippen molar-refractivity contribution in [1.82, 2.24) is 26.2 Å². The van der Waals surface area contributed by atoms with Gasteiger partial charge in [0.05, 0.1) is 36.6 Å². The predicted octanol–water partition coefficient (Wildman–Crippen LogP) is 5.89. The maximum atomic E-state index is 15.0. The normalized spacial score (nSPS) is 25.1. The molecule has 2 aromatic rings. The molecule has 0 unspecified atom stereocenters. The Morgan fingerprint density at radius 1 is 0.976 bits per heavy atom. The molecule has 10 amide bonds. The van der Waals surface area contributed by atoms with Gasteiger partial charge in [0.1, 0.15) is 46.8 Å². The zero-order valence-corrected chi connectivity index (χ0v) is 49.1. The molecule has 2 saturated heterocycles. The molecule has 4 aliphatic heterocycles. The summed E-state index contributed by atoms with van der Waals surface area (Å²) < 4.78 is 74.0. The predicted molar refractivity (Wildman–Crippen MR) is 303 cm³/mol. The number of anilines is 3. The number of ether oxygens (including phenoxy) is 5. The number of carbonyl (C=O) groups excluding carboxylic acids is 9. The Hall–Kier alpha value is -7.75. The number of imide groups is 1. The zero-order valence-electron chi connectivity index (χ0n) is 48.3. The Kier molecular flexibility index (Phi) is 22.2. The van der Waals surface area contributed by atoms with E-state index in [0.29, 0.717) is 37.3 Å². The molecule has 0 spiro atoms. The van der Waals surface area contributed by atoms with Gasteiger partial charge in [0, 0.05) is 63.8 Å². The van der Waals surface area contributed by atoms with Gasteiger partial charge in [-0.15, -0.1) is 0 Å². The zero-order chi connectivity index (χ0) is 62.7. The summed E-state index contributed by atoms with van der Waals surface area (Å²) in [6, 6.07) is 2.12. The molecule has 9 atom stereocenters. The smallest absolute Gasteiger partial charge is 0.418 e. The number of carbonyl (C=O) groups is 9. The fraction of sp³-hybridized carbons (Fsp3) is 0.526. The lowest BCUT2D eigenvalue weighted by atomic mass is 9.83. The van der Waals surface area contributed by atoms with E-state index in [1.165, 1.54) is 45.2 Å². The summed E-state index contributed by atoms with van der Waals surface area (Å²) in [6.07, 6.45) is -4.18. The number of hydrogen-bond donors (Lipinski definition) is 8. The molecule has 2 aromatic carbocycles. The second-order valence-corrected chi connectivity index (χ2v) is 22.2. The third kappa shape index (κ3) is 17.2. The molecule has 0 aromatic heterocycles. The molecule has 4 bridgehead atoms. The summed E-state index contributed by atoms with van der Waals surface area (Å²) in [5, 5.41) is 26.4. The Morgan fingerprint density at radius 3 is 2.33 bits per heavy atom. The SMILES string of the molecule is COc1cc2cc(c1Cl)N(C)C(=O)C[C@H](OC(=O)Nc1ccc(NC(=O)[C@H](CCCNC(N)=O)NC(=O)[C@@H](NC(=O)CCCCCN3C(=O)C=CC3=O)C(C)C)c(C(F)(F)F)c1)[C@]1(C)O[C@H]1[C@H](C)[C@@H]1C[C@@](O)(NC(=O)O1)[C@H](OC)/C=C/C=C(\C)C2. The Bertz CT molecular complexity index is 2960. The number of rotatable bonds is 20. The van der Waals surface area contributed by atoms with E-state index in [4.69, 9.17) is 41.0 Å². The highest BCUT2D eigenvalue weighted by molar-refractivity contribution is 6.35. The Labute approximate surface area is 494 Å². The summed E-state index contributed by atoms with van der Waals surface area (Å²) in [7, 11) is 4.19. The first-order valence-electron chi connectivity index (χ1n) is 27.5. The number of halogens is 4. The molecule has 24 nitrogen and oxygen atoms in total. The van der Waals surface area contributed by atoms with Gasteiger partial charge in [-0.2, -0.15) is 13.2 Å². The number of urea groups is 1. The van der Waals surface area contributed by atoms with E-state index in [-0.39, 0.29) is 55.2 Å². The van der Waals surface area contributed by atoms with Gasteiger partial charge in [0.15, 0.2) is 5.72 Å². The quantitative estimate of drug-likeness (QED) is 0.0435. The van der Waals surface area contributed by atoms with Crippen LogP contribution in [0.5, 0.6) is 5.75 Å². The van der Waals surface area contributed by atoms with E-state index in [2.05, 4.69) is 31.9 Å². The highest BCUT2D eigenvalue weighted by atomic mass is 35.5. The highest BCUT2D eigenvalue weighted by Gasteiger charge is 2.64. The summed E-state index contributed by atoms with van der Waals surface area (Å²) in [6.45, 7) is 8.35. The highest BCUT2D eigenvalue weighted by Crippen LogP contribution is 2.49. The summed E-state index contributed by atoms with van der Waals surface area (Å²) in [5.41, 5.74) is 0.687. The summed E-state index contributed by atoms with van der Waals surface area (Å²) in [4.78, 5) is 120. The second kappa shape index (κ2) is 28.4. The molecular formula is C57H73ClF3N9O15. The molecule has 4 heterocycles. The van der Waals surface area contributed by atoms with E-state index in [1.54, 1.807) is 51.1 Å². The molecule has 85 heavy (non-hydrogen) atoms. The minimum absolute atomic E-state index is 0.00310. The van der Waals surface area contributed by atoms with Crippen LogP contribution in [-0.4, -0.2) is 146 Å². The number of unbranched alkanes of at least 4 members (excludes halogenated alkanes) is 2. The number of allylic oxidation sites excluding steroid dienone is 3. The van der Waals surface area contributed by atoms with Crippen molar-refractivity contribution >= 4 is 82.3 Å². The molecule has 0 aliphatic carbocycles. The van der Waals surface area contributed by atoms with Crippen molar-refractivity contribution < 1.29 is 85.1 Å². The molecule has 2 fully saturated rings. The van der Waals surface area contributed by atoms with Crippen molar-refractivity contribution in [1.29, 1.82) is 0 Å².